The van der Waals surface area contributed by atoms with Crippen molar-refractivity contribution in [3.05, 3.63) is 42.7 Å². The predicted molar refractivity (Wildman–Crippen MR) is 54.7 cm³/mol. The van der Waals surface area contributed by atoms with Gasteiger partial charge < -0.3 is 4.98 Å². The fourth-order valence-electron chi connectivity index (χ4n) is 1.58. The van der Waals surface area contributed by atoms with Crippen LogP contribution >= 0.6 is 0 Å². The molecule has 0 aliphatic heterocycles. The van der Waals surface area contributed by atoms with Gasteiger partial charge in [-0.1, -0.05) is 18.2 Å². The number of nitrogens with one attached hydrogen (secondary N) is 2. The van der Waals surface area contributed by atoms with Crippen LogP contribution in [0.25, 0.3) is 22.2 Å². The Balaban J connectivity index is 2.24. The summed E-state index contributed by atoms with van der Waals surface area (Å²) in [6.07, 6.45) is 4.70. The van der Waals surface area contributed by atoms with Crippen LogP contribution < -0.4 is 0 Å². The van der Waals surface area contributed by atoms with Crippen molar-refractivity contribution in [1.29, 1.82) is 0 Å². The van der Waals surface area contributed by atoms with E-state index in [4.69, 9.17) is 0 Å². The number of aromatic amines is 2. The molecule has 0 amide bonds. The summed E-state index contributed by atoms with van der Waals surface area (Å²) < 4.78 is 0. The summed E-state index contributed by atoms with van der Waals surface area (Å²) in [6, 6.07) is 10.3. The third-order valence-electron chi connectivity index (χ3n) is 2.27. The maximum atomic E-state index is 3.80. The SMILES string of the molecule is [c]1n[nH]cc1-c1cc2ccccc2[nH]1. The molecule has 1 aromatic carbocycles. The van der Waals surface area contributed by atoms with Gasteiger partial charge in [0.1, 0.15) is 6.20 Å². The quantitative estimate of drug-likeness (QED) is 0.596. The average molecular weight is 182 g/mol. The number of para-hydroxylation sites is 1. The van der Waals surface area contributed by atoms with Crippen molar-refractivity contribution in [3.8, 4) is 11.3 Å². The maximum absolute atomic E-state index is 3.80. The fraction of sp³-hybridized carbons (Fsp3) is 0. The molecule has 2 N–H and O–H groups in total. The minimum Gasteiger partial charge on any atom is -0.354 e. The molecule has 14 heavy (non-hydrogen) atoms. The van der Waals surface area contributed by atoms with Gasteiger partial charge in [0.25, 0.3) is 0 Å². The largest absolute Gasteiger partial charge is 0.354 e. The molecule has 2 heterocycles. The van der Waals surface area contributed by atoms with E-state index in [1.165, 1.54) is 5.39 Å². The Morgan fingerprint density at radius 1 is 1.21 bits per heavy atom. The zero-order valence-corrected chi connectivity index (χ0v) is 7.41. The van der Waals surface area contributed by atoms with Crippen molar-refractivity contribution in [2.75, 3.05) is 0 Å². The highest BCUT2D eigenvalue weighted by Gasteiger charge is 2.03. The van der Waals surface area contributed by atoms with Crippen LogP contribution in [0.1, 0.15) is 0 Å². The highest BCUT2D eigenvalue weighted by molar-refractivity contribution is 5.85. The van der Waals surface area contributed by atoms with Gasteiger partial charge >= 0.3 is 0 Å². The second kappa shape index (κ2) is 2.73. The third kappa shape index (κ3) is 1.03. The lowest BCUT2D eigenvalue weighted by Gasteiger charge is -1.86. The van der Waals surface area contributed by atoms with Crippen molar-refractivity contribution < 1.29 is 0 Å². The molecule has 0 bridgehead atoms. The lowest BCUT2D eigenvalue weighted by Crippen LogP contribution is -1.71. The lowest BCUT2D eigenvalue weighted by molar-refractivity contribution is 1.08. The molecule has 3 heteroatoms. The van der Waals surface area contributed by atoms with Gasteiger partial charge in [0, 0.05) is 22.7 Å². The molecule has 3 rings (SSSR count). The molecule has 67 valence electrons. The summed E-state index contributed by atoms with van der Waals surface area (Å²) in [7, 11) is 0. The van der Waals surface area contributed by atoms with Gasteiger partial charge in [-0.2, -0.15) is 5.10 Å². The van der Waals surface area contributed by atoms with E-state index in [2.05, 4.69) is 39.6 Å². The van der Waals surface area contributed by atoms with Crippen LogP contribution in [0.4, 0.5) is 0 Å². The average Bonchev–Trinajstić information content (AvgIpc) is 2.86. The van der Waals surface area contributed by atoms with E-state index in [9.17, 15) is 0 Å². The topological polar surface area (TPSA) is 44.5 Å². The normalized spacial score (nSPS) is 10.9. The number of aromatic nitrogens is 3. The van der Waals surface area contributed by atoms with Crippen LogP contribution in [-0.2, 0) is 0 Å². The number of rotatable bonds is 1. The molecule has 0 saturated carbocycles. The second-order valence-electron chi connectivity index (χ2n) is 3.18. The van der Waals surface area contributed by atoms with Gasteiger partial charge in [-0.15, -0.1) is 0 Å². The van der Waals surface area contributed by atoms with Gasteiger partial charge in [-0.25, -0.2) is 0 Å². The van der Waals surface area contributed by atoms with Gasteiger partial charge in [-0.05, 0) is 12.1 Å². The zero-order valence-electron chi connectivity index (χ0n) is 7.41. The van der Waals surface area contributed by atoms with Crippen molar-refractivity contribution in [1.82, 2.24) is 15.2 Å². The van der Waals surface area contributed by atoms with Crippen LogP contribution in [-0.4, -0.2) is 15.2 Å². The van der Waals surface area contributed by atoms with E-state index in [-0.39, 0.29) is 0 Å². The second-order valence-corrected chi connectivity index (χ2v) is 3.18. The summed E-state index contributed by atoms with van der Waals surface area (Å²) >= 11 is 0. The molecule has 3 nitrogen and oxygen atoms in total. The number of H-pyrrole nitrogens is 2. The van der Waals surface area contributed by atoms with Gasteiger partial charge in [0.2, 0.25) is 0 Å². The Hall–Kier alpha value is -2.03. The number of hydrogen-bond donors (Lipinski definition) is 2. The van der Waals surface area contributed by atoms with E-state index in [0.29, 0.717) is 0 Å². The first-order valence-electron chi connectivity index (χ1n) is 4.43. The Labute approximate surface area is 80.8 Å². The van der Waals surface area contributed by atoms with Crippen molar-refractivity contribution in [3.63, 3.8) is 0 Å². The fourth-order valence-corrected chi connectivity index (χ4v) is 1.58. The van der Waals surface area contributed by atoms with Crippen molar-refractivity contribution >= 4 is 10.9 Å². The van der Waals surface area contributed by atoms with Crippen molar-refractivity contribution in [2.45, 2.75) is 0 Å². The molecule has 1 radical (unpaired) electrons. The minimum atomic E-state index is 0.959. The molecule has 0 fully saturated rings. The number of nitrogens with zero attached hydrogens (tertiary/aromatic N) is 1. The molecule has 0 unspecified atom stereocenters. The zero-order chi connectivity index (χ0) is 9.38. The number of fused-ring (bicyclic) bond motifs is 1. The molecule has 0 aliphatic carbocycles. The maximum Gasteiger partial charge on any atom is 0.122 e. The highest BCUT2D eigenvalue weighted by Crippen LogP contribution is 2.22. The molecule has 0 aliphatic rings. The summed E-state index contributed by atoms with van der Waals surface area (Å²) in [4.78, 5) is 3.31. The van der Waals surface area contributed by atoms with Gasteiger partial charge in [-0.3, -0.25) is 5.10 Å². The van der Waals surface area contributed by atoms with Crippen LogP contribution in [0, 0.1) is 6.20 Å². The molecular formula is C11H8N3. The molecule has 0 atom stereocenters. The predicted octanol–water partition coefficient (Wildman–Crippen LogP) is 2.36. The van der Waals surface area contributed by atoms with Gasteiger partial charge in [0.15, 0.2) is 0 Å². The molecule has 2 aromatic heterocycles. The van der Waals surface area contributed by atoms with Crippen LogP contribution in [0.3, 0.4) is 0 Å². The summed E-state index contributed by atoms with van der Waals surface area (Å²) in [5.41, 5.74) is 3.14. The Kier molecular flexibility index (Phi) is 1.44. The smallest absolute Gasteiger partial charge is 0.122 e. The van der Waals surface area contributed by atoms with Crippen LogP contribution in [0.15, 0.2) is 36.5 Å². The standard InChI is InChI=1S/C11H8N3/c1-2-4-10-8(3-1)5-11(14-10)9-6-12-13-7-9/h1-6,14H,(H,12,13). The monoisotopic (exact) mass is 182 g/mol. The molecule has 0 spiro atoms. The number of benzene rings is 1. The summed E-state index contributed by atoms with van der Waals surface area (Å²) in [6.45, 7) is 0. The summed E-state index contributed by atoms with van der Waals surface area (Å²) in [5, 5.41) is 7.75. The summed E-state index contributed by atoms with van der Waals surface area (Å²) in [5.74, 6) is 0. The minimum absolute atomic E-state index is 0.959. The van der Waals surface area contributed by atoms with E-state index in [0.717, 1.165) is 16.8 Å². The molecule has 0 saturated heterocycles. The van der Waals surface area contributed by atoms with E-state index < -0.39 is 0 Å². The Bertz CT molecular complexity index is 516. The van der Waals surface area contributed by atoms with Crippen LogP contribution in [0.2, 0.25) is 0 Å². The first kappa shape index (κ1) is 7.38. The highest BCUT2D eigenvalue weighted by atomic mass is 15.1. The Morgan fingerprint density at radius 3 is 2.93 bits per heavy atom. The van der Waals surface area contributed by atoms with E-state index >= 15 is 0 Å². The van der Waals surface area contributed by atoms with Gasteiger partial charge in [0.05, 0.1) is 5.69 Å². The first-order valence-corrected chi connectivity index (χ1v) is 4.43. The van der Waals surface area contributed by atoms with E-state index in [1.54, 1.807) is 0 Å². The third-order valence-corrected chi connectivity index (χ3v) is 2.27. The lowest BCUT2D eigenvalue weighted by atomic mass is 10.2. The Morgan fingerprint density at radius 2 is 2.14 bits per heavy atom. The van der Waals surface area contributed by atoms with E-state index in [1.807, 2.05) is 18.3 Å². The molecule has 3 aromatic rings. The van der Waals surface area contributed by atoms with Crippen molar-refractivity contribution in [2.24, 2.45) is 0 Å². The first-order chi connectivity index (χ1) is 6.93. The van der Waals surface area contributed by atoms with Crippen LogP contribution in [0.5, 0.6) is 0 Å². The number of hydrogen-bond acceptors (Lipinski definition) is 1. The molecular weight excluding hydrogens is 174 g/mol.